The molecule has 0 atom stereocenters. The second kappa shape index (κ2) is 5.91. The Morgan fingerprint density at radius 1 is 1.28 bits per heavy atom. The third-order valence-corrected chi connectivity index (χ3v) is 3.79. The minimum absolute atomic E-state index is 0.195. The quantitative estimate of drug-likeness (QED) is 0.757. The van der Waals surface area contributed by atoms with Crippen molar-refractivity contribution in [2.75, 3.05) is 0 Å². The molecule has 0 bridgehead atoms. The van der Waals surface area contributed by atoms with Crippen molar-refractivity contribution < 1.29 is 4.79 Å². The zero-order valence-electron chi connectivity index (χ0n) is 10.7. The molecular weight excluding hydrogens is 242 g/mol. The second-order valence-electron chi connectivity index (χ2n) is 4.63. The maximum Gasteiger partial charge on any atom is 0.163 e. The summed E-state index contributed by atoms with van der Waals surface area (Å²) < 4.78 is 0. The maximum atomic E-state index is 12.0. The van der Waals surface area contributed by atoms with Crippen LogP contribution in [-0.4, -0.2) is 10.8 Å². The van der Waals surface area contributed by atoms with Crippen LogP contribution in [0.1, 0.15) is 47.1 Å². The molecule has 1 aromatic heterocycles. The highest BCUT2D eigenvalue weighted by Crippen LogP contribution is 2.16. The second-order valence-corrected chi connectivity index (χ2v) is 5.60. The van der Waals surface area contributed by atoms with Crippen molar-refractivity contribution >= 4 is 17.1 Å². The van der Waals surface area contributed by atoms with Gasteiger partial charge >= 0.3 is 0 Å². The van der Waals surface area contributed by atoms with Gasteiger partial charge in [0.1, 0.15) is 0 Å². The summed E-state index contributed by atoms with van der Waals surface area (Å²) in [6.45, 7) is 4.30. The Labute approximate surface area is 112 Å². The Balaban J connectivity index is 1.96. The third-order valence-electron chi connectivity index (χ3n) is 2.95. The number of hydrogen-bond donors (Lipinski definition) is 0. The Hall–Kier alpha value is -1.48. The molecule has 18 heavy (non-hydrogen) atoms. The molecule has 0 aliphatic heterocycles. The van der Waals surface area contributed by atoms with Gasteiger partial charge in [0.25, 0.3) is 0 Å². The van der Waals surface area contributed by atoms with E-state index in [0.29, 0.717) is 12.3 Å². The summed E-state index contributed by atoms with van der Waals surface area (Å²) in [5.74, 6) is 0.699. The first-order valence-electron chi connectivity index (χ1n) is 6.18. The van der Waals surface area contributed by atoms with Crippen LogP contribution in [0.25, 0.3) is 0 Å². The van der Waals surface area contributed by atoms with Gasteiger partial charge in [-0.1, -0.05) is 38.1 Å². The van der Waals surface area contributed by atoms with Crippen molar-refractivity contribution in [2.45, 2.75) is 32.6 Å². The van der Waals surface area contributed by atoms with Crippen LogP contribution in [0.5, 0.6) is 0 Å². The highest BCUT2D eigenvalue weighted by Gasteiger charge is 2.08. The van der Waals surface area contributed by atoms with Crippen molar-refractivity contribution in [1.82, 2.24) is 4.98 Å². The van der Waals surface area contributed by atoms with Crippen molar-refractivity contribution in [3.63, 3.8) is 0 Å². The molecule has 3 heteroatoms. The minimum Gasteiger partial charge on any atom is -0.294 e. The Morgan fingerprint density at radius 3 is 2.56 bits per heavy atom. The Bertz CT molecular complexity index is 500. The fourth-order valence-corrected chi connectivity index (χ4v) is 2.42. The van der Waals surface area contributed by atoms with E-state index in [-0.39, 0.29) is 5.78 Å². The van der Waals surface area contributed by atoms with Crippen molar-refractivity contribution in [1.29, 1.82) is 0 Å². The Morgan fingerprint density at radius 2 is 2.00 bits per heavy atom. The van der Waals surface area contributed by atoms with E-state index in [1.54, 1.807) is 17.5 Å². The summed E-state index contributed by atoms with van der Waals surface area (Å²) in [6.07, 6.45) is 3.05. The molecule has 0 radical (unpaired) electrons. The molecule has 1 aromatic carbocycles. The molecule has 0 unspecified atom stereocenters. The molecule has 0 aliphatic carbocycles. The first kappa shape index (κ1) is 13.0. The van der Waals surface area contributed by atoms with Crippen LogP contribution in [0.2, 0.25) is 0 Å². The summed E-state index contributed by atoms with van der Waals surface area (Å²) in [6, 6.07) is 7.95. The minimum atomic E-state index is 0.195. The van der Waals surface area contributed by atoms with Gasteiger partial charge in [0.05, 0.1) is 5.01 Å². The highest BCUT2D eigenvalue weighted by molar-refractivity contribution is 7.09. The summed E-state index contributed by atoms with van der Waals surface area (Å²) in [5.41, 5.74) is 2.07. The first-order valence-corrected chi connectivity index (χ1v) is 7.06. The molecule has 2 nitrogen and oxygen atoms in total. The van der Waals surface area contributed by atoms with Crippen LogP contribution in [0, 0.1) is 0 Å². The highest BCUT2D eigenvalue weighted by atomic mass is 32.1. The number of rotatable bonds is 5. The van der Waals surface area contributed by atoms with Gasteiger partial charge in [-0.2, -0.15) is 0 Å². The number of aryl methyl sites for hydroxylation is 1. The van der Waals surface area contributed by atoms with Gasteiger partial charge in [0.15, 0.2) is 5.78 Å². The number of carbonyl (C=O) groups is 1. The Kier molecular flexibility index (Phi) is 4.26. The van der Waals surface area contributed by atoms with E-state index in [2.05, 4.69) is 18.8 Å². The zero-order chi connectivity index (χ0) is 13.0. The SMILES string of the molecule is CC(C)c1ccc(C(=O)CCc2nccs2)cc1. The van der Waals surface area contributed by atoms with E-state index in [0.717, 1.165) is 17.0 Å². The summed E-state index contributed by atoms with van der Waals surface area (Å²) in [7, 11) is 0. The molecule has 2 aromatic rings. The lowest BCUT2D eigenvalue weighted by molar-refractivity contribution is 0.0983. The lowest BCUT2D eigenvalue weighted by Crippen LogP contribution is -2.01. The average Bonchev–Trinajstić information content (AvgIpc) is 2.89. The van der Waals surface area contributed by atoms with Crippen LogP contribution in [-0.2, 0) is 6.42 Å². The molecule has 0 saturated heterocycles. The topological polar surface area (TPSA) is 30.0 Å². The number of carbonyl (C=O) groups excluding carboxylic acids is 1. The van der Waals surface area contributed by atoms with Gasteiger partial charge < -0.3 is 0 Å². The number of nitrogens with zero attached hydrogens (tertiary/aromatic N) is 1. The lowest BCUT2D eigenvalue weighted by atomic mass is 9.99. The van der Waals surface area contributed by atoms with Crippen molar-refractivity contribution in [3.8, 4) is 0 Å². The number of thiazole rings is 1. The number of benzene rings is 1. The van der Waals surface area contributed by atoms with E-state index in [9.17, 15) is 4.79 Å². The van der Waals surface area contributed by atoms with E-state index in [4.69, 9.17) is 0 Å². The summed E-state index contributed by atoms with van der Waals surface area (Å²) in [4.78, 5) is 16.2. The zero-order valence-corrected chi connectivity index (χ0v) is 11.5. The predicted molar refractivity (Wildman–Crippen MR) is 75.3 cm³/mol. The summed E-state index contributed by atoms with van der Waals surface area (Å²) >= 11 is 1.60. The number of hydrogen-bond acceptors (Lipinski definition) is 3. The molecule has 1 heterocycles. The van der Waals surface area contributed by atoms with E-state index in [1.165, 1.54) is 5.56 Å². The monoisotopic (exact) mass is 259 g/mol. The van der Waals surface area contributed by atoms with E-state index < -0.39 is 0 Å². The molecule has 0 fully saturated rings. The van der Waals surface area contributed by atoms with Gasteiger partial charge in [-0.15, -0.1) is 11.3 Å². The van der Waals surface area contributed by atoms with Crippen LogP contribution < -0.4 is 0 Å². The molecule has 0 amide bonds. The molecule has 0 N–H and O–H groups in total. The third kappa shape index (κ3) is 3.26. The fourth-order valence-electron chi connectivity index (χ4n) is 1.80. The van der Waals surface area contributed by atoms with Gasteiger partial charge in [0, 0.05) is 30.0 Å². The van der Waals surface area contributed by atoms with Crippen LogP contribution in [0.3, 0.4) is 0 Å². The smallest absolute Gasteiger partial charge is 0.163 e. The normalized spacial score (nSPS) is 10.8. The van der Waals surface area contributed by atoms with Crippen molar-refractivity contribution in [3.05, 3.63) is 52.0 Å². The first-order chi connectivity index (χ1) is 8.66. The number of aromatic nitrogens is 1. The molecule has 2 rings (SSSR count). The average molecular weight is 259 g/mol. The largest absolute Gasteiger partial charge is 0.294 e. The standard InChI is InChI=1S/C15H17NOS/c1-11(2)12-3-5-13(6-4-12)14(17)7-8-15-16-9-10-18-15/h3-6,9-11H,7-8H2,1-2H3. The van der Waals surface area contributed by atoms with Crippen LogP contribution >= 0.6 is 11.3 Å². The summed E-state index contributed by atoms with van der Waals surface area (Å²) in [5, 5.41) is 2.97. The molecular formula is C15H17NOS. The molecule has 0 saturated carbocycles. The van der Waals surface area contributed by atoms with Gasteiger partial charge in [-0.25, -0.2) is 4.98 Å². The van der Waals surface area contributed by atoms with Crippen molar-refractivity contribution in [2.24, 2.45) is 0 Å². The van der Waals surface area contributed by atoms with Gasteiger partial charge in [-0.3, -0.25) is 4.79 Å². The molecule has 0 spiro atoms. The van der Waals surface area contributed by atoms with Gasteiger partial charge in [-0.05, 0) is 11.5 Å². The molecule has 0 aliphatic rings. The van der Waals surface area contributed by atoms with E-state index >= 15 is 0 Å². The number of Topliss-reactive ketones (excluding diaryl/α,β-unsaturated/α-hetero) is 1. The van der Waals surface area contributed by atoms with Crippen LogP contribution in [0.15, 0.2) is 35.8 Å². The lowest BCUT2D eigenvalue weighted by Gasteiger charge is -2.06. The fraction of sp³-hybridized carbons (Fsp3) is 0.333. The van der Waals surface area contributed by atoms with Gasteiger partial charge in [0.2, 0.25) is 0 Å². The maximum absolute atomic E-state index is 12.0. The van der Waals surface area contributed by atoms with E-state index in [1.807, 2.05) is 29.6 Å². The van der Waals surface area contributed by atoms with Crippen LogP contribution in [0.4, 0.5) is 0 Å². The molecule has 94 valence electrons. The number of ketones is 1. The predicted octanol–water partition coefficient (Wildman–Crippen LogP) is 4.08.